The molecule has 7 nitrogen and oxygen atoms in total. The highest BCUT2D eigenvalue weighted by Gasteiger charge is 2.28. The number of pyridine rings is 1. The Kier molecular flexibility index (Phi) is 3.50. The van der Waals surface area contributed by atoms with Crippen molar-refractivity contribution in [3.8, 4) is 0 Å². The highest BCUT2D eigenvalue weighted by molar-refractivity contribution is 5.76. The number of rotatable bonds is 2. The van der Waals surface area contributed by atoms with Crippen LogP contribution in [0.3, 0.4) is 0 Å². The Labute approximate surface area is 122 Å². The van der Waals surface area contributed by atoms with Gasteiger partial charge in [0.2, 0.25) is 5.91 Å². The number of nitrogens with one attached hydrogen (secondary N) is 1. The molecule has 1 N–H and O–H groups in total. The zero-order valence-electron chi connectivity index (χ0n) is 12.2. The smallest absolute Gasteiger partial charge is 0.336 e. The van der Waals surface area contributed by atoms with E-state index in [9.17, 15) is 9.59 Å². The van der Waals surface area contributed by atoms with Gasteiger partial charge in [0.1, 0.15) is 6.54 Å². The third-order valence-corrected chi connectivity index (χ3v) is 4.13. The number of hydrogen-bond donors (Lipinski definition) is 1. The zero-order chi connectivity index (χ0) is 15.0. The predicted octanol–water partition coefficient (Wildman–Crippen LogP) is -0.295. The Balaban J connectivity index is 1.83. The summed E-state index contributed by atoms with van der Waals surface area (Å²) in [6.07, 6.45) is 1.65. The molecular weight excluding hydrogens is 270 g/mol. The van der Waals surface area contributed by atoms with E-state index in [1.165, 1.54) is 9.08 Å². The van der Waals surface area contributed by atoms with Gasteiger partial charge < -0.3 is 10.2 Å². The van der Waals surface area contributed by atoms with Gasteiger partial charge in [-0.1, -0.05) is 6.07 Å². The summed E-state index contributed by atoms with van der Waals surface area (Å²) in [6.45, 7) is 5.49. The van der Waals surface area contributed by atoms with Crippen molar-refractivity contribution in [2.24, 2.45) is 0 Å². The molecule has 3 rings (SSSR count). The van der Waals surface area contributed by atoms with Crippen LogP contribution in [0.25, 0.3) is 5.65 Å². The molecule has 2 unspecified atom stereocenters. The fourth-order valence-electron chi connectivity index (χ4n) is 2.70. The molecule has 112 valence electrons. The fourth-order valence-corrected chi connectivity index (χ4v) is 2.70. The average Bonchev–Trinajstić information content (AvgIpc) is 2.79. The molecule has 3 heterocycles. The van der Waals surface area contributed by atoms with Crippen molar-refractivity contribution in [1.29, 1.82) is 0 Å². The lowest BCUT2D eigenvalue weighted by molar-refractivity contribution is -0.135. The van der Waals surface area contributed by atoms with Gasteiger partial charge in [0.15, 0.2) is 5.65 Å². The maximum Gasteiger partial charge on any atom is 0.350 e. The van der Waals surface area contributed by atoms with Crippen LogP contribution in [0.1, 0.15) is 13.8 Å². The van der Waals surface area contributed by atoms with Crippen LogP contribution in [0.4, 0.5) is 0 Å². The second-order valence-corrected chi connectivity index (χ2v) is 5.44. The van der Waals surface area contributed by atoms with E-state index >= 15 is 0 Å². The molecule has 21 heavy (non-hydrogen) atoms. The fraction of sp³-hybridized carbons (Fsp3) is 0.500. The first-order valence-corrected chi connectivity index (χ1v) is 7.15. The second-order valence-electron chi connectivity index (χ2n) is 5.44. The Morgan fingerprint density at radius 1 is 1.43 bits per heavy atom. The number of aromatic nitrogens is 3. The summed E-state index contributed by atoms with van der Waals surface area (Å²) in [4.78, 5) is 26.4. The van der Waals surface area contributed by atoms with Gasteiger partial charge in [0.05, 0.1) is 0 Å². The lowest BCUT2D eigenvalue weighted by Crippen LogP contribution is -2.58. The molecule has 1 aliphatic heterocycles. The molecule has 0 aliphatic carbocycles. The van der Waals surface area contributed by atoms with Gasteiger partial charge in [0.25, 0.3) is 0 Å². The normalized spacial score (nSPS) is 22.7. The van der Waals surface area contributed by atoms with Crippen molar-refractivity contribution in [1.82, 2.24) is 24.4 Å². The van der Waals surface area contributed by atoms with Gasteiger partial charge in [-0.05, 0) is 26.0 Å². The minimum atomic E-state index is -0.283. The van der Waals surface area contributed by atoms with E-state index in [-0.39, 0.29) is 30.2 Å². The van der Waals surface area contributed by atoms with E-state index in [2.05, 4.69) is 17.3 Å². The number of amides is 1. The van der Waals surface area contributed by atoms with E-state index in [4.69, 9.17) is 0 Å². The summed E-state index contributed by atoms with van der Waals surface area (Å²) in [5.74, 6) is -0.0682. The van der Waals surface area contributed by atoms with Gasteiger partial charge in [-0.25, -0.2) is 9.48 Å². The number of carbonyl (C=O) groups is 1. The number of nitrogens with zero attached hydrogens (tertiary/aromatic N) is 4. The van der Waals surface area contributed by atoms with Gasteiger partial charge in [-0.3, -0.25) is 9.20 Å². The monoisotopic (exact) mass is 289 g/mol. The van der Waals surface area contributed by atoms with Crippen molar-refractivity contribution in [2.45, 2.75) is 32.5 Å². The second kappa shape index (κ2) is 5.33. The molecule has 1 saturated heterocycles. The Hall–Kier alpha value is -2.15. The molecule has 2 atom stereocenters. The standard InChI is InChI=1S/C14H19N5O2/c1-10-11(2)17(8-6-15-10)13(20)9-19-14(21)18-7-4-3-5-12(18)16-19/h3-5,7,10-11,15H,6,8-9H2,1-2H3. The van der Waals surface area contributed by atoms with Crippen LogP contribution >= 0.6 is 0 Å². The SMILES string of the molecule is CC1NCCN(C(=O)Cn2nc3ccccn3c2=O)C1C. The summed E-state index contributed by atoms with van der Waals surface area (Å²) in [5, 5.41) is 7.53. The molecule has 2 aromatic rings. The first-order chi connectivity index (χ1) is 10.1. The van der Waals surface area contributed by atoms with Gasteiger partial charge in [0, 0.05) is 31.4 Å². The molecule has 1 aliphatic rings. The number of carbonyl (C=O) groups excluding carboxylic acids is 1. The van der Waals surface area contributed by atoms with E-state index < -0.39 is 0 Å². The quantitative estimate of drug-likeness (QED) is 0.824. The molecular formula is C14H19N5O2. The highest BCUT2D eigenvalue weighted by atomic mass is 16.2. The van der Waals surface area contributed by atoms with Gasteiger partial charge in [-0.2, -0.15) is 0 Å². The van der Waals surface area contributed by atoms with Crippen molar-refractivity contribution in [3.05, 3.63) is 34.9 Å². The van der Waals surface area contributed by atoms with Crippen LogP contribution in [0.2, 0.25) is 0 Å². The number of fused-ring (bicyclic) bond motifs is 1. The van der Waals surface area contributed by atoms with Crippen LogP contribution in [-0.4, -0.2) is 50.2 Å². The first-order valence-electron chi connectivity index (χ1n) is 7.15. The summed E-state index contributed by atoms with van der Waals surface area (Å²) in [6, 6.07) is 5.69. The van der Waals surface area contributed by atoms with Crippen molar-refractivity contribution in [3.63, 3.8) is 0 Å². The first kappa shape index (κ1) is 13.8. The third-order valence-electron chi connectivity index (χ3n) is 4.13. The Morgan fingerprint density at radius 2 is 2.24 bits per heavy atom. The Morgan fingerprint density at radius 3 is 3.00 bits per heavy atom. The highest BCUT2D eigenvalue weighted by Crippen LogP contribution is 2.09. The molecule has 0 bridgehead atoms. The molecule has 0 aromatic carbocycles. The summed E-state index contributed by atoms with van der Waals surface area (Å²) >= 11 is 0. The van der Waals surface area contributed by atoms with Crippen LogP contribution in [0.15, 0.2) is 29.2 Å². The van der Waals surface area contributed by atoms with Crippen LogP contribution in [-0.2, 0) is 11.3 Å². The van der Waals surface area contributed by atoms with Crippen LogP contribution in [0.5, 0.6) is 0 Å². The largest absolute Gasteiger partial charge is 0.350 e. The van der Waals surface area contributed by atoms with Crippen molar-refractivity contribution in [2.75, 3.05) is 13.1 Å². The van der Waals surface area contributed by atoms with Gasteiger partial charge >= 0.3 is 5.69 Å². The van der Waals surface area contributed by atoms with E-state index in [1.807, 2.05) is 17.9 Å². The summed E-state index contributed by atoms with van der Waals surface area (Å²) in [5.41, 5.74) is 0.270. The predicted molar refractivity (Wildman–Crippen MR) is 78.1 cm³/mol. The zero-order valence-corrected chi connectivity index (χ0v) is 12.2. The third kappa shape index (κ3) is 2.44. The number of hydrogen-bond acceptors (Lipinski definition) is 4. The van der Waals surface area contributed by atoms with E-state index in [0.29, 0.717) is 12.2 Å². The molecule has 1 fully saturated rings. The average molecular weight is 289 g/mol. The summed E-state index contributed by atoms with van der Waals surface area (Å²) in [7, 11) is 0. The molecule has 7 heteroatoms. The molecule has 0 spiro atoms. The molecule has 2 aromatic heterocycles. The van der Waals surface area contributed by atoms with E-state index in [1.54, 1.807) is 18.3 Å². The van der Waals surface area contributed by atoms with Crippen molar-refractivity contribution >= 4 is 11.6 Å². The molecule has 0 saturated carbocycles. The minimum absolute atomic E-state index is 0.0163. The topological polar surface area (TPSA) is 71.6 Å². The van der Waals surface area contributed by atoms with Crippen LogP contribution in [0, 0.1) is 0 Å². The lowest BCUT2D eigenvalue weighted by Gasteiger charge is -2.38. The van der Waals surface area contributed by atoms with Gasteiger partial charge in [-0.15, -0.1) is 5.10 Å². The lowest BCUT2D eigenvalue weighted by atomic mass is 10.1. The Bertz CT molecular complexity index is 719. The molecule has 0 radical (unpaired) electrons. The maximum atomic E-state index is 12.4. The van der Waals surface area contributed by atoms with Crippen molar-refractivity contribution < 1.29 is 4.79 Å². The molecule has 1 amide bonds. The number of piperazine rings is 1. The summed E-state index contributed by atoms with van der Waals surface area (Å²) < 4.78 is 2.67. The maximum absolute atomic E-state index is 12.4. The minimum Gasteiger partial charge on any atom is -0.336 e. The van der Waals surface area contributed by atoms with Crippen LogP contribution < -0.4 is 11.0 Å². The van der Waals surface area contributed by atoms with E-state index in [0.717, 1.165) is 6.54 Å².